The Morgan fingerprint density at radius 3 is 2.75 bits per heavy atom. The molecule has 20 heavy (non-hydrogen) atoms. The summed E-state index contributed by atoms with van der Waals surface area (Å²) in [5.74, 6) is 0.814. The number of nitriles is 1. The molecule has 0 atom stereocenters. The molecular formula is C16H10BrN3. The maximum atomic E-state index is 8.93. The van der Waals surface area contributed by atoms with E-state index in [2.05, 4.69) is 27.0 Å². The average molecular weight is 324 g/mol. The van der Waals surface area contributed by atoms with Crippen LogP contribution in [0, 0.1) is 11.3 Å². The third-order valence-electron chi connectivity index (χ3n) is 2.99. The van der Waals surface area contributed by atoms with Gasteiger partial charge < -0.3 is 4.90 Å². The van der Waals surface area contributed by atoms with E-state index in [0.717, 1.165) is 27.3 Å². The van der Waals surface area contributed by atoms with Gasteiger partial charge in [-0.05, 0) is 30.4 Å². The van der Waals surface area contributed by atoms with Crippen LogP contribution < -0.4 is 0 Å². The molecule has 0 fully saturated rings. The Kier molecular flexibility index (Phi) is 3.36. The summed E-state index contributed by atoms with van der Waals surface area (Å²) in [4.78, 5) is 6.53. The first-order chi connectivity index (χ1) is 9.78. The second kappa shape index (κ2) is 5.32. The maximum absolute atomic E-state index is 8.93. The van der Waals surface area contributed by atoms with Crippen LogP contribution >= 0.6 is 15.9 Å². The molecule has 3 nitrogen and oxygen atoms in total. The molecule has 0 bridgehead atoms. The van der Waals surface area contributed by atoms with Gasteiger partial charge in [-0.3, -0.25) is 0 Å². The molecule has 4 heteroatoms. The van der Waals surface area contributed by atoms with E-state index in [-0.39, 0.29) is 0 Å². The number of halogens is 1. The Morgan fingerprint density at radius 1 is 1.20 bits per heavy atom. The van der Waals surface area contributed by atoms with Crippen LogP contribution in [0.5, 0.6) is 0 Å². The van der Waals surface area contributed by atoms with E-state index in [1.807, 2.05) is 59.7 Å². The standard InChI is InChI=1S/C16H10BrN3/c17-13-6-4-12(5-7-13)15-11-14(8-9-18)20-10-2-1-3-16(20)19-15/h1-8,10-11H/b14-8+. The van der Waals surface area contributed by atoms with Crippen LogP contribution in [0.2, 0.25) is 0 Å². The Bertz CT molecular complexity index is 728. The summed E-state index contributed by atoms with van der Waals surface area (Å²) in [6.07, 6.45) is 11.1. The Hall–Kier alpha value is -2.38. The van der Waals surface area contributed by atoms with Crippen LogP contribution in [-0.2, 0) is 0 Å². The number of benzene rings is 1. The molecule has 96 valence electrons. The van der Waals surface area contributed by atoms with E-state index >= 15 is 0 Å². The van der Waals surface area contributed by atoms with Crippen LogP contribution in [0.3, 0.4) is 0 Å². The first kappa shape index (κ1) is 12.6. The molecule has 1 aromatic carbocycles. The van der Waals surface area contributed by atoms with Gasteiger partial charge in [-0.15, -0.1) is 0 Å². The third-order valence-corrected chi connectivity index (χ3v) is 3.52. The van der Waals surface area contributed by atoms with Crippen molar-refractivity contribution in [1.29, 1.82) is 5.26 Å². The van der Waals surface area contributed by atoms with Gasteiger partial charge in [-0.25, -0.2) is 4.99 Å². The number of hydrogen-bond donors (Lipinski definition) is 0. The normalized spacial score (nSPS) is 18.4. The van der Waals surface area contributed by atoms with Crippen molar-refractivity contribution in [2.24, 2.45) is 4.99 Å². The van der Waals surface area contributed by atoms with Crippen molar-refractivity contribution in [3.05, 3.63) is 76.6 Å². The molecule has 0 N–H and O–H groups in total. The summed E-state index contributed by atoms with van der Waals surface area (Å²) in [7, 11) is 0. The van der Waals surface area contributed by atoms with Crippen molar-refractivity contribution < 1.29 is 0 Å². The van der Waals surface area contributed by atoms with Crippen molar-refractivity contribution in [2.75, 3.05) is 0 Å². The molecule has 1 aromatic rings. The lowest BCUT2D eigenvalue weighted by Crippen LogP contribution is -2.26. The number of amidine groups is 1. The number of rotatable bonds is 1. The Morgan fingerprint density at radius 2 is 2.00 bits per heavy atom. The summed E-state index contributed by atoms with van der Waals surface area (Å²) in [5.41, 5.74) is 2.69. The first-order valence-corrected chi connectivity index (χ1v) is 6.87. The highest BCUT2D eigenvalue weighted by atomic mass is 79.9. The van der Waals surface area contributed by atoms with Crippen molar-refractivity contribution in [3.8, 4) is 6.07 Å². The smallest absolute Gasteiger partial charge is 0.137 e. The minimum absolute atomic E-state index is 0.814. The predicted molar refractivity (Wildman–Crippen MR) is 83.4 cm³/mol. The molecule has 3 rings (SSSR count). The van der Waals surface area contributed by atoms with Gasteiger partial charge in [0.25, 0.3) is 0 Å². The van der Waals surface area contributed by atoms with Crippen LogP contribution in [0.25, 0.3) is 5.70 Å². The summed E-state index contributed by atoms with van der Waals surface area (Å²) in [6, 6.07) is 10.0. The highest BCUT2D eigenvalue weighted by molar-refractivity contribution is 9.10. The minimum Gasteiger partial charge on any atom is -0.301 e. The van der Waals surface area contributed by atoms with E-state index in [1.165, 1.54) is 6.08 Å². The molecule has 0 radical (unpaired) electrons. The fraction of sp³-hybridized carbons (Fsp3) is 0. The highest BCUT2D eigenvalue weighted by Crippen LogP contribution is 2.28. The topological polar surface area (TPSA) is 39.4 Å². The van der Waals surface area contributed by atoms with E-state index < -0.39 is 0 Å². The molecule has 0 amide bonds. The molecule has 0 spiro atoms. The minimum atomic E-state index is 0.814. The zero-order valence-electron chi connectivity index (χ0n) is 10.5. The van der Waals surface area contributed by atoms with Crippen LogP contribution in [0.15, 0.2) is 76.0 Å². The van der Waals surface area contributed by atoms with Gasteiger partial charge >= 0.3 is 0 Å². The summed E-state index contributed by atoms with van der Waals surface area (Å²) >= 11 is 3.42. The second-order valence-electron chi connectivity index (χ2n) is 4.28. The lowest BCUT2D eigenvalue weighted by Gasteiger charge is -2.27. The van der Waals surface area contributed by atoms with Gasteiger partial charge in [0.2, 0.25) is 0 Å². The zero-order chi connectivity index (χ0) is 13.9. The van der Waals surface area contributed by atoms with Crippen molar-refractivity contribution in [1.82, 2.24) is 4.90 Å². The lowest BCUT2D eigenvalue weighted by atomic mass is 10.1. The average Bonchev–Trinajstić information content (AvgIpc) is 2.48. The van der Waals surface area contributed by atoms with E-state index in [0.29, 0.717) is 0 Å². The summed E-state index contributed by atoms with van der Waals surface area (Å²) in [5, 5.41) is 8.93. The van der Waals surface area contributed by atoms with Crippen molar-refractivity contribution >= 4 is 27.5 Å². The Labute approximate surface area is 125 Å². The lowest BCUT2D eigenvalue weighted by molar-refractivity contribution is 0.707. The summed E-state index contributed by atoms with van der Waals surface area (Å²) < 4.78 is 1.03. The van der Waals surface area contributed by atoms with Gasteiger partial charge in [-0.2, -0.15) is 5.26 Å². The molecule has 0 aromatic heterocycles. The van der Waals surface area contributed by atoms with Gasteiger partial charge in [-0.1, -0.05) is 34.1 Å². The quantitative estimate of drug-likeness (QED) is 0.733. The molecule has 0 unspecified atom stereocenters. The largest absolute Gasteiger partial charge is 0.301 e. The number of fused-ring (bicyclic) bond motifs is 1. The van der Waals surface area contributed by atoms with E-state index in [9.17, 15) is 0 Å². The van der Waals surface area contributed by atoms with Crippen LogP contribution in [0.1, 0.15) is 5.56 Å². The van der Waals surface area contributed by atoms with Crippen molar-refractivity contribution in [3.63, 3.8) is 0 Å². The van der Waals surface area contributed by atoms with Gasteiger partial charge in [0.1, 0.15) is 5.84 Å². The second-order valence-corrected chi connectivity index (χ2v) is 5.19. The van der Waals surface area contributed by atoms with Gasteiger partial charge in [0.05, 0.1) is 17.5 Å². The first-order valence-electron chi connectivity index (χ1n) is 6.08. The molecular weight excluding hydrogens is 314 g/mol. The van der Waals surface area contributed by atoms with Crippen LogP contribution in [-0.4, -0.2) is 10.7 Å². The molecule has 0 saturated carbocycles. The van der Waals surface area contributed by atoms with E-state index in [1.54, 1.807) is 0 Å². The molecule has 2 aliphatic rings. The van der Waals surface area contributed by atoms with Gasteiger partial charge in [0, 0.05) is 22.3 Å². The fourth-order valence-corrected chi connectivity index (χ4v) is 2.32. The predicted octanol–water partition coefficient (Wildman–Crippen LogP) is 4.00. The molecule has 0 saturated heterocycles. The molecule has 2 aliphatic heterocycles. The highest BCUT2D eigenvalue weighted by Gasteiger charge is 2.18. The van der Waals surface area contributed by atoms with Gasteiger partial charge in [0.15, 0.2) is 0 Å². The number of aliphatic imine (C=N–C) groups is 1. The summed E-state index contributed by atoms with van der Waals surface area (Å²) in [6.45, 7) is 0. The fourth-order valence-electron chi connectivity index (χ4n) is 2.05. The monoisotopic (exact) mass is 323 g/mol. The zero-order valence-corrected chi connectivity index (χ0v) is 12.1. The van der Waals surface area contributed by atoms with E-state index in [4.69, 9.17) is 5.26 Å². The number of nitrogens with zero attached hydrogens (tertiary/aromatic N) is 3. The molecule has 0 aliphatic carbocycles. The third kappa shape index (κ3) is 2.36. The maximum Gasteiger partial charge on any atom is 0.137 e. The molecule has 2 heterocycles. The van der Waals surface area contributed by atoms with Crippen molar-refractivity contribution in [2.45, 2.75) is 0 Å². The van der Waals surface area contributed by atoms with Crippen LogP contribution in [0.4, 0.5) is 0 Å². The number of allylic oxidation sites excluding steroid dienone is 4. The number of hydrogen-bond acceptors (Lipinski definition) is 3. The SMILES string of the molecule is N#C/C=C1\C=C(c2ccc(Br)cc2)N=C2C=CC=CN21. The Balaban J connectivity index is 2.08.